The van der Waals surface area contributed by atoms with Gasteiger partial charge in [0, 0.05) is 0 Å². The highest BCUT2D eigenvalue weighted by Gasteiger charge is 2.37. The van der Waals surface area contributed by atoms with Crippen LogP contribution >= 0.6 is 0 Å². The van der Waals surface area contributed by atoms with E-state index >= 15 is 0 Å². The van der Waals surface area contributed by atoms with Gasteiger partial charge in [0.2, 0.25) is 0 Å². The highest BCUT2D eigenvalue weighted by Crippen LogP contribution is 2.46. The average Bonchev–Trinajstić information content (AvgIpc) is 2.15. The Morgan fingerprint density at radius 3 is 2.33 bits per heavy atom. The fourth-order valence-electron chi connectivity index (χ4n) is 3.65. The third kappa shape index (κ3) is 2.38. The Bertz CT molecular complexity index is 196. The summed E-state index contributed by atoms with van der Waals surface area (Å²) in [5, 5.41) is 0. The predicted octanol–water partition coefficient (Wildman–Crippen LogP) is 3.43. The van der Waals surface area contributed by atoms with Gasteiger partial charge in [-0.15, -0.1) is 0 Å². The summed E-state index contributed by atoms with van der Waals surface area (Å²) in [7, 11) is 0. The molecule has 0 amide bonds. The summed E-state index contributed by atoms with van der Waals surface area (Å²) < 4.78 is 0. The van der Waals surface area contributed by atoms with E-state index in [4.69, 9.17) is 5.73 Å². The maximum atomic E-state index is 5.93. The van der Waals surface area contributed by atoms with Gasteiger partial charge in [-0.3, -0.25) is 0 Å². The molecule has 0 saturated heterocycles. The quantitative estimate of drug-likeness (QED) is 0.757. The van der Waals surface area contributed by atoms with Crippen molar-refractivity contribution in [1.29, 1.82) is 0 Å². The zero-order valence-corrected chi connectivity index (χ0v) is 10.4. The third-order valence-electron chi connectivity index (χ3n) is 5.09. The summed E-state index contributed by atoms with van der Waals surface area (Å²) in [6.45, 7) is 5.72. The highest BCUT2D eigenvalue weighted by atomic mass is 14.6. The molecule has 0 spiro atoms. The van der Waals surface area contributed by atoms with E-state index in [0.717, 1.165) is 36.1 Å². The lowest BCUT2D eigenvalue weighted by Gasteiger charge is -2.44. The lowest BCUT2D eigenvalue weighted by Crippen LogP contribution is -2.38. The summed E-state index contributed by atoms with van der Waals surface area (Å²) in [6.07, 6.45) is 8.77. The maximum absolute atomic E-state index is 5.93. The van der Waals surface area contributed by atoms with Crippen LogP contribution in [0.2, 0.25) is 0 Å². The van der Waals surface area contributed by atoms with E-state index in [1.165, 1.54) is 38.5 Å². The van der Waals surface area contributed by atoms with Crippen molar-refractivity contribution in [2.75, 3.05) is 6.54 Å². The lowest BCUT2D eigenvalue weighted by atomic mass is 9.61. The monoisotopic (exact) mass is 209 g/mol. The van der Waals surface area contributed by atoms with Gasteiger partial charge in [0.1, 0.15) is 0 Å². The van der Waals surface area contributed by atoms with Crippen LogP contribution in [0, 0.1) is 29.6 Å². The molecular formula is C14H27N. The molecule has 1 heteroatoms. The number of hydrogen-bond acceptors (Lipinski definition) is 1. The van der Waals surface area contributed by atoms with Gasteiger partial charge in [-0.05, 0) is 55.4 Å². The first kappa shape index (κ1) is 11.4. The summed E-state index contributed by atoms with van der Waals surface area (Å²) in [4.78, 5) is 0. The number of nitrogens with two attached hydrogens (primary N) is 1. The lowest BCUT2D eigenvalue weighted by molar-refractivity contribution is 0.0640. The molecule has 0 aromatic heterocycles. The summed E-state index contributed by atoms with van der Waals surface area (Å²) in [6, 6.07) is 0. The van der Waals surface area contributed by atoms with Gasteiger partial charge in [0.25, 0.3) is 0 Å². The molecule has 0 aromatic carbocycles. The standard InChI is InChI=1S/C14H27N/c1-10(2)12-6-7-13(9-15)14(8-12)11-4-3-5-11/h10-14H,3-9,15H2,1-2H3. The molecular weight excluding hydrogens is 182 g/mol. The Morgan fingerprint density at radius 1 is 1.13 bits per heavy atom. The molecule has 2 saturated carbocycles. The zero-order chi connectivity index (χ0) is 10.8. The van der Waals surface area contributed by atoms with Crippen molar-refractivity contribution in [1.82, 2.24) is 0 Å². The molecule has 2 aliphatic rings. The van der Waals surface area contributed by atoms with Crippen LogP contribution in [0.15, 0.2) is 0 Å². The fraction of sp³-hybridized carbons (Fsp3) is 1.00. The second-order valence-corrected chi connectivity index (χ2v) is 6.17. The largest absolute Gasteiger partial charge is 0.330 e. The van der Waals surface area contributed by atoms with Crippen LogP contribution in [0.1, 0.15) is 52.4 Å². The Balaban J connectivity index is 1.95. The van der Waals surface area contributed by atoms with Crippen LogP contribution in [-0.4, -0.2) is 6.54 Å². The zero-order valence-electron chi connectivity index (χ0n) is 10.4. The first-order valence-electron chi connectivity index (χ1n) is 6.92. The van der Waals surface area contributed by atoms with Gasteiger partial charge >= 0.3 is 0 Å². The average molecular weight is 209 g/mol. The molecule has 0 radical (unpaired) electrons. The summed E-state index contributed by atoms with van der Waals surface area (Å²) in [5.41, 5.74) is 5.93. The number of hydrogen-bond donors (Lipinski definition) is 1. The van der Waals surface area contributed by atoms with Crippen LogP contribution in [-0.2, 0) is 0 Å². The normalized spacial score (nSPS) is 38.0. The van der Waals surface area contributed by atoms with Crippen LogP contribution in [0.4, 0.5) is 0 Å². The van der Waals surface area contributed by atoms with Crippen molar-refractivity contribution in [3.63, 3.8) is 0 Å². The van der Waals surface area contributed by atoms with E-state index in [1.807, 2.05) is 0 Å². The summed E-state index contributed by atoms with van der Waals surface area (Å²) in [5.74, 6) is 4.74. The molecule has 2 fully saturated rings. The molecule has 3 unspecified atom stereocenters. The maximum Gasteiger partial charge on any atom is -0.00461 e. The van der Waals surface area contributed by atoms with Crippen molar-refractivity contribution in [3.05, 3.63) is 0 Å². The minimum absolute atomic E-state index is 0.852. The minimum Gasteiger partial charge on any atom is -0.330 e. The Kier molecular flexibility index (Phi) is 3.71. The van der Waals surface area contributed by atoms with Crippen LogP contribution in [0.5, 0.6) is 0 Å². The van der Waals surface area contributed by atoms with Gasteiger partial charge in [0.05, 0.1) is 0 Å². The molecule has 2 rings (SSSR count). The first-order chi connectivity index (χ1) is 7.22. The van der Waals surface area contributed by atoms with E-state index in [2.05, 4.69) is 13.8 Å². The highest BCUT2D eigenvalue weighted by molar-refractivity contribution is 4.88. The van der Waals surface area contributed by atoms with Crippen molar-refractivity contribution in [2.24, 2.45) is 35.3 Å². The molecule has 1 nitrogen and oxygen atoms in total. The van der Waals surface area contributed by atoms with E-state index in [-0.39, 0.29) is 0 Å². The van der Waals surface area contributed by atoms with Crippen molar-refractivity contribution < 1.29 is 0 Å². The van der Waals surface area contributed by atoms with Gasteiger partial charge in [-0.1, -0.05) is 33.1 Å². The van der Waals surface area contributed by atoms with Crippen LogP contribution in [0.3, 0.4) is 0 Å². The first-order valence-corrected chi connectivity index (χ1v) is 6.92. The van der Waals surface area contributed by atoms with Crippen LogP contribution < -0.4 is 5.73 Å². The van der Waals surface area contributed by atoms with E-state index in [1.54, 1.807) is 0 Å². The fourth-order valence-corrected chi connectivity index (χ4v) is 3.65. The topological polar surface area (TPSA) is 26.0 Å². The van der Waals surface area contributed by atoms with Crippen LogP contribution in [0.25, 0.3) is 0 Å². The molecule has 0 aliphatic heterocycles. The molecule has 3 atom stereocenters. The SMILES string of the molecule is CC(C)C1CCC(CN)C(C2CCC2)C1. The second kappa shape index (κ2) is 4.86. The van der Waals surface area contributed by atoms with Crippen molar-refractivity contribution >= 4 is 0 Å². The Labute approximate surface area is 94.8 Å². The van der Waals surface area contributed by atoms with Gasteiger partial charge in [-0.2, -0.15) is 0 Å². The van der Waals surface area contributed by atoms with E-state index in [9.17, 15) is 0 Å². The molecule has 2 N–H and O–H groups in total. The Hall–Kier alpha value is -0.0400. The molecule has 2 aliphatic carbocycles. The van der Waals surface area contributed by atoms with Crippen molar-refractivity contribution in [2.45, 2.75) is 52.4 Å². The smallest absolute Gasteiger partial charge is 0.00461 e. The molecule has 88 valence electrons. The molecule has 15 heavy (non-hydrogen) atoms. The summed E-state index contributed by atoms with van der Waals surface area (Å²) >= 11 is 0. The van der Waals surface area contributed by atoms with Crippen molar-refractivity contribution in [3.8, 4) is 0 Å². The van der Waals surface area contributed by atoms with Gasteiger partial charge in [0.15, 0.2) is 0 Å². The van der Waals surface area contributed by atoms with E-state index in [0.29, 0.717) is 0 Å². The second-order valence-electron chi connectivity index (χ2n) is 6.17. The molecule has 0 heterocycles. The minimum atomic E-state index is 0.852. The van der Waals surface area contributed by atoms with Gasteiger partial charge in [-0.25, -0.2) is 0 Å². The Morgan fingerprint density at radius 2 is 1.87 bits per heavy atom. The predicted molar refractivity (Wildman–Crippen MR) is 65.6 cm³/mol. The number of rotatable bonds is 3. The van der Waals surface area contributed by atoms with Gasteiger partial charge < -0.3 is 5.73 Å². The third-order valence-corrected chi connectivity index (χ3v) is 5.09. The molecule has 0 aromatic rings. The van der Waals surface area contributed by atoms with E-state index < -0.39 is 0 Å². The molecule has 0 bridgehead atoms.